The number of fused-ring (bicyclic) bond motifs is 1. The van der Waals surface area contributed by atoms with Gasteiger partial charge in [-0.2, -0.15) is 0 Å². The van der Waals surface area contributed by atoms with E-state index in [-0.39, 0.29) is 0 Å². The van der Waals surface area contributed by atoms with Gasteiger partial charge in [-0.25, -0.2) is 0 Å². The highest BCUT2D eigenvalue weighted by atomic mass is 14.7. The van der Waals surface area contributed by atoms with Crippen LogP contribution in [0.5, 0.6) is 0 Å². The molecule has 1 aliphatic rings. The van der Waals surface area contributed by atoms with Gasteiger partial charge in [0, 0.05) is 35.1 Å². The second kappa shape index (κ2) is 15.5. The van der Waals surface area contributed by atoms with E-state index in [0.717, 1.165) is 61.3 Å². The lowest BCUT2D eigenvalue weighted by Crippen LogP contribution is -1.91. The summed E-state index contributed by atoms with van der Waals surface area (Å²) >= 11 is 0. The summed E-state index contributed by atoms with van der Waals surface area (Å²) in [6.45, 7) is 16.2. The Morgan fingerprint density at radius 2 is 1.62 bits per heavy atom. The Morgan fingerprint density at radius 3 is 2.29 bits per heavy atom. The summed E-state index contributed by atoms with van der Waals surface area (Å²) in [5.41, 5.74) is 22.2. The number of allylic oxidation sites excluding steroid dienone is 11. The first kappa shape index (κ1) is 32.0. The van der Waals surface area contributed by atoms with E-state index >= 15 is 0 Å². The zero-order valence-electron chi connectivity index (χ0n) is 25.9. The van der Waals surface area contributed by atoms with Gasteiger partial charge in [-0.15, -0.1) is 4.67 Å². The Morgan fingerprint density at radius 1 is 0.867 bits per heavy atom. The number of pyridine rings is 1. The molecule has 45 heavy (non-hydrogen) atoms. The average Bonchev–Trinajstić information content (AvgIpc) is 3.62. The Kier molecular flexibility index (Phi) is 11.0. The van der Waals surface area contributed by atoms with Crippen molar-refractivity contribution in [3.63, 3.8) is 0 Å². The van der Waals surface area contributed by atoms with Gasteiger partial charge in [-0.1, -0.05) is 111 Å². The number of nitrogen functional groups attached to an aromatic ring is 1. The van der Waals surface area contributed by atoms with Gasteiger partial charge in [-0.05, 0) is 76.4 Å². The van der Waals surface area contributed by atoms with E-state index in [0.29, 0.717) is 0 Å². The summed E-state index contributed by atoms with van der Waals surface area (Å²) in [6.07, 6.45) is 20.7. The SMILES string of the molecule is C=CC(=C\N)/C(/C=C\C(=C)C(=C)/C=C\c1cc(-c2ccc(C3=CC=[N+]=C3)nc2)ccc1C)=C/C.Nc1cccc2ccccc12. The minimum absolute atomic E-state index is 0.826. The highest BCUT2D eigenvalue weighted by Crippen LogP contribution is 2.25. The number of rotatable bonds is 9. The quantitative estimate of drug-likeness (QED) is 0.117. The third kappa shape index (κ3) is 8.32. The van der Waals surface area contributed by atoms with E-state index in [1.165, 1.54) is 10.9 Å². The summed E-state index contributed by atoms with van der Waals surface area (Å²) in [4.78, 5) is 4.60. The molecular weight excluding hydrogens is 548 g/mol. The fraction of sp³-hybridized carbons (Fsp3) is 0.0488. The third-order valence-corrected chi connectivity index (χ3v) is 7.43. The first-order valence-electron chi connectivity index (χ1n) is 14.7. The molecule has 0 saturated heterocycles. The van der Waals surface area contributed by atoms with Gasteiger partial charge < -0.3 is 11.5 Å². The highest BCUT2D eigenvalue weighted by Gasteiger charge is 2.10. The van der Waals surface area contributed by atoms with Crippen molar-refractivity contribution < 1.29 is 0 Å². The topological polar surface area (TPSA) is 79.0 Å². The average molecular weight is 588 g/mol. The largest absolute Gasteiger partial charge is 0.404 e. The predicted octanol–water partition coefficient (Wildman–Crippen LogP) is 8.74. The molecule has 0 amide bonds. The lowest BCUT2D eigenvalue weighted by Gasteiger charge is -2.07. The molecule has 2 heterocycles. The van der Waals surface area contributed by atoms with Crippen molar-refractivity contribution in [2.24, 2.45) is 5.73 Å². The number of hydrogen-bond acceptors (Lipinski definition) is 3. The molecule has 0 unspecified atom stereocenters. The molecule has 4 N–H and O–H groups in total. The molecule has 3 aromatic carbocycles. The number of aryl methyl sites for hydroxylation is 1. The van der Waals surface area contributed by atoms with Gasteiger partial charge in [-0.3, -0.25) is 4.98 Å². The van der Waals surface area contributed by atoms with Crippen LogP contribution in [0.15, 0.2) is 164 Å². The van der Waals surface area contributed by atoms with Crippen LogP contribution in [0.2, 0.25) is 0 Å². The predicted molar refractivity (Wildman–Crippen MR) is 198 cm³/mol. The molecule has 1 aromatic heterocycles. The molecule has 0 spiro atoms. The fourth-order valence-electron chi connectivity index (χ4n) is 4.66. The minimum Gasteiger partial charge on any atom is -0.404 e. The van der Waals surface area contributed by atoms with Crippen LogP contribution in [0.4, 0.5) is 5.69 Å². The molecule has 0 atom stereocenters. The van der Waals surface area contributed by atoms with Crippen molar-refractivity contribution in [1.82, 2.24) is 9.65 Å². The van der Waals surface area contributed by atoms with Crippen LogP contribution in [-0.4, -0.2) is 17.4 Å². The summed E-state index contributed by atoms with van der Waals surface area (Å²) < 4.78 is 4.11. The maximum absolute atomic E-state index is 5.76. The van der Waals surface area contributed by atoms with Crippen LogP contribution >= 0.6 is 0 Å². The number of hydrogen-bond donors (Lipinski definition) is 2. The molecule has 0 saturated carbocycles. The first-order valence-corrected chi connectivity index (χ1v) is 14.7. The smallest absolute Gasteiger partial charge is 0.302 e. The van der Waals surface area contributed by atoms with Gasteiger partial charge in [0.25, 0.3) is 6.21 Å². The maximum atomic E-state index is 5.76. The molecule has 0 aliphatic carbocycles. The zero-order valence-corrected chi connectivity index (χ0v) is 25.9. The molecule has 4 nitrogen and oxygen atoms in total. The van der Waals surface area contributed by atoms with Crippen molar-refractivity contribution in [2.75, 3.05) is 5.73 Å². The summed E-state index contributed by atoms with van der Waals surface area (Å²) in [6, 6.07) is 24.6. The highest BCUT2D eigenvalue weighted by molar-refractivity contribution is 6.16. The molecule has 0 fully saturated rings. The second-order valence-corrected chi connectivity index (χ2v) is 10.4. The van der Waals surface area contributed by atoms with Crippen LogP contribution in [-0.2, 0) is 0 Å². The standard InChI is InChI=1S/C31H30N3.C10H9N/c1-6-25(26(7-2)19-32)11-8-22(3)23(4)9-12-27-18-28(13-10-24(27)5)29-14-15-31(34-21-29)30-16-17-33-20-30;11-10-7-3-5-8-4-1-2-6-9(8)10/h6-21H,2-4,32H2,1,5H3;1-7H,11H2/q+1;/b11-8-,12-9-,25-6+,26-19+;. The molecule has 4 aromatic rings. The lowest BCUT2D eigenvalue weighted by atomic mass is 9.98. The van der Waals surface area contributed by atoms with Crippen molar-refractivity contribution in [3.8, 4) is 11.1 Å². The van der Waals surface area contributed by atoms with Crippen LogP contribution in [0.25, 0.3) is 33.5 Å². The van der Waals surface area contributed by atoms with Gasteiger partial charge in [0.15, 0.2) is 0 Å². The van der Waals surface area contributed by atoms with Crippen molar-refractivity contribution in [2.45, 2.75) is 13.8 Å². The Labute approximate surface area is 266 Å². The maximum Gasteiger partial charge on any atom is 0.302 e. The zero-order chi connectivity index (χ0) is 32.2. The Hall–Kier alpha value is -5.96. The molecule has 5 rings (SSSR count). The second-order valence-electron chi connectivity index (χ2n) is 10.4. The number of aromatic nitrogens is 1. The first-order chi connectivity index (χ1) is 21.8. The van der Waals surface area contributed by atoms with Gasteiger partial charge in [0.2, 0.25) is 0 Å². The number of anilines is 1. The monoisotopic (exact) mass is 587 g/mol. The van der Waals surface area contributed by atoms with Crippen molar-refractivity contribution >= 4 is 40.5 Å². The van der Waals surface area contributed by atoms with Crippen molar-refractivity contribution in [1.29, 1.82) is 0 Å². The van der Waals surface area contributed by atoms with E-state index in [4.69, 9.17) is 11.5 Å². The molecule has 4 heteroatoms. The Bertz CT molecular complexity index is 1950. The number of nitrogens with zero attached hydrogens (tertiary/aromatic N) is 2. The van der Waals surface area contributed by atoms with Gasteiger partial charge in [0.05, 0.1) is 11.3 Å². The molecule has 0 radical (unpaired) electrons. The summed E-state index contributed by atoms with van der Waals surface area (Å²) in [5.74, 6) is 0. The number of benzene rings is 3. The minimum atomic E-state index is 0.826. The van der Waals surface area contributed by atoms with E-state index in [9.17, 15) is 0 Å². The van der Waals surface area contributed by atoms with Gasteiger partial charge >= 0.3 is 6.21 Å². The van der Waals surface area contributed by atoms with Crippen LogP contribution in [0, 0.1) is 6.92 Å². The molecule has 1 aliphatic heterocycles. The van der Waals surface area contributed by atoms with Crippen molar-refractivity contribution in [3.05, 3.63) is 180 Å². The fourth-order valence-corrected chi connectivity index (χ4v) is 4.66. The van der Waals surface area contributed by atoms with E-state index in [1.807, 2.05) is 86.1 Å². The van der Waals surface area contributed by atoms with Crippen LogP contribution in [0.3, 0.4) is 0 Å². The van der Waals surface area contributed by atoms with E-state index in [1.54, 1.807) is 18.5 Å². The Balaban J connectivity index is 0.000000348. The van der Waals surface area contributed by atoms with Gasteiger partial charge in [0.1, 0.15) is 0 Å². The lowest BCUT2D eigenvalue weighted by molar-refractivity contribution is 1.29. The normalized spacial score (nSPS) is 12.8. The molecular formula is C41H39N4+. The summed E-state index contributed by atoms with van der Waals surface area (Å²) in [7, 11) is 0. The summed E-state index contributed by atoms with van der Waals surface area (Å²) in [5, 5.41) is 2.34. The van der Waals surface area contributed by atoms with E-state index in [2.05, 4.69) is 78.8 Å². The van der Waals surface area contributed by atoms with Crippen LogP contribution in [0.1, 0.15) is 23.7 Å². The molecule has 0 bridgehead atoms. The number of nitrogens with two attached hydrogens (primary N) is 2. The van der Waals surface area contributed by atoms with E-state index < -0.39 is 0 Å². The third-order valence-electron chi connectivity index (χ3n) is 7.43. The van der Waals surface area contributed by atoms with Crippen LogP contribution < -0.4 is 16.1 Å². The molecule has 222 valence electrons.